The average Bonchev–Trinajstić information content (AvgIpc) is 3.05. The van der Waals surface area contributed by atoms with Crippen LogP contribution in [0.2, 0.25) is 0 Å². The lowest BCUT2D eigenvalue weighted by Crippen LogP contribution is -2.10. The van der Waals surface area contributed by atoms with Crippen LogP contribution in [0, 0.1) is 0 Å². The number of thiophene rings is 1. The molecule has 0 aliphatic heterocycles. The Bertz CT molecular complexity index is 842. The monoisotopic (exact) mass is 324 g/mol. The third kappa shape index (κ3) is 3.52. The van der Waals surface area contributed by atoms with E-state index in [-0.39, 0.29) is 5.91 Å². The van der Waals surface area contributed by atoms with Crippen LogP contribution in [-0.4, -0.2) is 13.0 Å². The Morgan fingerprint density at radius 1 is 1.09 bits per heavy atom. The van der Waals surface area contributed by atoms with Crippen LogP contribution in [0.15, 0.2) is 60.0 Å². The molecule has 1 heterocycles. The summed E-state index contributed by atoms with van der Waals surface area (Å²) < 4.78 is 5.23. The zero-order valence-corrected chi connectivity index (χ0v) is 13.4. The number of nitrogens with two attached hydrogens (primary N) is 1. The van der Waals surface area contributed by atoms with Gasteiger partial charge in [-0.2, -0.15) is 0 Å². The maximum absolute atomic E-state index is 12.3. The molecule has 23 heavy (non-hydrogen) atoms. The fraction of sp³-hybridized carbons (Fsp3) is 0.0556. The van der Waals surface area contributed by atoms with Crippen LogP contribution < -0.4 is 15.8 Å². The summed E-state index contributed by atoms with van der Waals surface area (Å²) >= 11 is 1.41. The van der Waals surface area contributed by atoms with Crippen LogP contribution in [0.5, 0.6) is 5.75 Å². The Balaban J connectivity index is 1.79. The van der Waals surface area contributed by atoms with Gasteiger partial charge in [0.1, 0.15) is 5.75 Å². The maximum Gasteiger partial charge on any atom is 0.265 e. The number of carbonyl (C=O) groups is 1. The largest absolute Gasteiger partial charge is 0.497 e. The van der Waals surface area contributed by atoms with Gasteiger partial charge >= 0.3 is 0 Å². The Morgan fingerprint density at radius 3 is 2.70 bits per heavy atom. The number of nitrogens with one attached hydrogen (secondary N) is 1. The van der Waals surface area contributed by atoms with Crippen LogP contribution in [-0.2, 0) is 0 Å². The third-order valence-corrected chi connectivity index (χ3v) is 4.30. The van der Waals surface area contributed by atoms with Crippen molar-refractivity contribution in [2.24, 2.45) is 0 Å². The number of rotatable bonds is 4. The topological polar surface area (TPSA) is 64.3 Å². The van der Waals surface area contributed by atoms with Crippen molar-refractivity contribution in [2.75, 3.05) is 18.2 Å². The van der Waals surface area contributed by atoms with Gasteiger partial charge in [0.25, 0.3) is 5.91 Å². The van der Waals surface area contributed by atoms with Crippen molar-refractivity contribution < 1.29 is 9.53 Å². The molecule has 0 fully saturated rings. The summed E-state index contributed by atoms with van der Waals surface area (Å²) in [6.07, 6.45) is 0. The normalized spacial score (nSPS) is 10.3. The number of ether oxygens (including phenoxy) is 1. The summed E-state index contributed by atoms with van der Waals surface area (Å²) in [5.41, 5.74) is 9.03. The van der Waals surface area contributed by atoms with Gasteiger partial charge in [0.05, 0.1) is 12.0 Å². The second-order valence-electron chi connectivity index (χ2n) is 5.01. The van der Waals surface area contributed by atoms with Gasteiger partial charge in [-0.1, -0.05) is 18.2 Å². The van der Waals surface area contributed by atoms with E-state index in [4.69, 9.17) is 10.5 Å². The lowest BCUT2D eigenvalue weighted by atomic mass is 10.1. The molecule has 4 nitrogen and oxygen atoms in total. The van der Waals surface area contributed by atoms with Gasteiger partial charge < -0.3 is 15.8 Å². The lowest BCUT2D eigenvalue weighted by molar-refractivity contribution is 0.103. The van der Waals surface area contributed by atoms with E-state index in [1.165, 1.54) is 11.3 Å². The van der Waals surface area contributed by atoms with Crippen molar-refractivity contribution >= 4 is 28.6 Å². The van der Waals surface area contributed by atoms with Crippen molar-refractivity contribution in [3.8, 4) is 16.9 Å². The number of carbonyl (C=O) groups excluding carboxylic acids is 1. The maximum atomic E-state index is 12.3. The molecule has 2 aromatic carbocycles. The Hall–Kier alpha value is -2.79. The van der Waals surface area contributed by atoms with Crippen LogP contribution in [0.25, 0.3) is 11.1 Å². The minimum Gasteiger partial charge on any atom is -0.497 e. The zero-order valence-electron chi connectivity index (χ0n) is 12.6. The van der Waals surface area contributed by atoms with Gasteiger partial charge in [0.15, 0.2) is 0 Å². The molecular formula is C18H16N2O2S. The molecule has 116 valence electrons. The summed E-state index contributed by atoms with van der Waals surface area (Å²) in [6.45, 7) is 0. The van der Waals surface area contributed by atoms with Gasteiger partial charge in [0, 0.05) is 11.4 Å². The molecular weight excluding hydrogens is 308 g/mol. The molecule has 1 aromatic heterocycles. The highest BCUT2D eigenvalue weighted by Crippen LogP contribution is 2.28. The smallest absolute Gasteiger partial charge is 0.265 e. The van der Waals surface area contributed by atoms with E-state index in [0.717, 1.165) is 16.9 Å². The Kier molecular flexibility index (Phi) is 4.30. The molecule has 3 aromatic rings. The first-order chi connectivity index (χ1) is 11.2. The van der Waals surface area contributed by atoms with Crippen LogP contribution in [0.3, 0.4) is 0 Å². The molecule has 5 heteroatoms. The standard InChI is InChI=1S/C18H16N2O2S/c1-22-16-7-2-4-12(8-16)13-9-17(23-11-13)18(21)20-15-6-3-5-14(19)10-15/h2-11H,19H2,1H3,(H,20,21). The molecule has 0 aliphatic carbocycles. The summed E-state index contributed by atoms with van der Waals surface area (Å²) in [5.74, 6) is 0.647. The lowest BCUT2D eigenvalue weighted by Gasteiger charge is -2.04. The van der Waals surface area contributed by atoms with Crippen molar-refractivity contribution in [1.82, 2.24) is 0 Å². The summed E-state index contributed by atoms with van der Waals surface area (Å²) in [5, 5.41) is 4.81. The number of nitrogen functional groups attached to an aromatic ring is 1. The number of benzene rings is 2. The minimum absolute atomic E-state index is 0.144. The fourth-order valence-corrected chi connectivity index (χ4v) is 3.03. The van der Waals surface area contributed by atoms with Crippen molar-refractivity contribution in [3.63, 3.8) is 0 Å². The highest BCUT2D eigenvalue weighted by atomic mass is 32.1. The molecule has 0 atom stereocenters. The molecule has 0 saturated carbocycles. The molecule has 0 spiro atoms. The molecule has 0 saturated heterocycles. The predicted molar refractivity (Wildman–Crippen MR) is 95.1 cm³/mol. The second kappa shape index (κ2) is 6.54. The molecule has 0 aliphatic rings. The third-order valence-electron chi connectivity index (χ3n) is 3.37. The first-order valence-electron chi connectivity index (χ1n) is 7.05. The molecule has 0 bridgehead atoms. The van der Waals surface area contributed by atoms with E-state index >= 15 is 0 Å². The average molecular weight is 324 g/mol. The van der Waals surface area contributed by atoms with Gasteiger partial charge in [-0.25, -0.2) is 0 Å². The highest BCUT2D eigenvalue weighted by Gasteiger charge is 2.11. The van der Waals surface area contributed by atoms with Crippen LogP contribution in [0.4, 0.5) is 11.4 Å². The van der Waals surface area contributed by atoms with E-state index in [0.29, 0.717) is 16.3 Å². The van der Waals surface area contributed by atoms with E-state index in [9.17, 15) is 4.79 Å². The highest BCUT2D eigenvalue weighted by molar-refractivity contribution is 7.12. The summed E-state index contributed by atoms with van der Waals surface area (Å²) in [7, 11) is 1.64. The van der Waals surface area contributed by atoms with E-state index < -0.39 is 0 Å². The van der Waals surface area contributed by atoms with E-state index in [2.05, 4.69) is 5.32 Å². The minimum atomic E-state index is -0.144. The number of hydrogen-bond donors (Lipinski definition) is 2. The summed E-state index contributed by atoms with van der Waals surface area (Å²) in [6, 6.07) is 16.8. The van der Waals surface area contributed by atoms with Crippen LogP contribution in [0.1, 0.15) is 9.67 Å². The first-order valence-corrected chi connectivity index (χ1v) is 7.93. The quantitative estimate of drug-likeness (QED) is 0.705. The van der Waals surface area contributed by atoms with E-state index in [1.807, 2.05) is 41.8 Å². The van der Waals surface area contributed by atoms with Crippen LogP contribution >= 0.6 is 11.3 Å². The SMILES string of the molecule is COc1cccc(-c2csc(C(=O)Nc3cccc(N)c3)c2)c1. The number of methoxy groups -OCH3 is 1. The zero-order chi connectivity index (χ0) is 16.2. The van der Waals surface area contributed by atoms with Gasteiger partial charge in [-0.15, -0.1) is 11.3 Å². The molecule has 1 amide bonds. The van der Waals surface area contributed by atoms with E-state index in [1.54, 1.807) is 25.3 Å². The molecule has 3 rings (SSSR count). The van der Waals surface area contributed by atoms with Crippen molar-refractivity contribution in [3.05, 3.63) is 64.9 Å². The van der Waals surface area contributed by atoms with Gasteiger partial charge in [0.2, 0.25) is 0 Å². The first kappa shape index (κ1) is 15.1. The predicted octanol–water partition coefficient (Wildman–Crippen LogP) is 4.26. The van der Waals surface area contributed by atoms with Gasteiger partial charge in [-0.05, 0) is 52.9 Å². The van der Waals surface area contributed by atoms with Crippen molar-refractivity contribution in [2.45, 2.75) is 0 Å². The summed E-state index contributed by atoms with van der Waals surface area (Å²) in [4.78, 5) is 13.0. The number of amides is 1. The number of hydrogen-bond acceptors (Lipinski definition) is 4. The molecule has 3 N–H and O–H groups in total. The Morgan fingerprint density at radius 2 is 1.91 bits per heavy atom. The molecule has 0 unspecified atom stereocenters. The van der Waals surface area contributed by atoms with Crippen molar-refractivity contribution in [1.29, 1.82) is 0 Å². The Labute approximate surface area is 138 Å². The second-order valence-corrected chi connectivity index (χ2v) is 5.92. The number of anilines is 2. The molecule has 0 radical (unpaired) electrons. The van der Waals surface area contributed by atoms with Gasteiger partial charge in [-0.3, -0.25) is 4.79 Å². The fourth-order valence-electron chi connectivity index (χ4n) is 2.22.